The highest BCUT2D eigenvalue weighted by molar-refractivity contribution is 5.93. The van der Waals surface area contributed by atoms with Gasteiger partial charge in [0.2, 0.25) is 5.91 Å². The summed E-state index contributed by atoms with van der Waals surface area (Å²) in [7, 11) is 0. The number of rotatable bonds is 6. The fraction of sp³-hybridized carbons (Fsp3) is 0.269. The predicted octanol–water partition coefficient (Wildman–Crippen LogP) is 4.86. The van der Waals surface area contributed by atoms with Crippen LogP contribution in [0.15, 0.2) is 72.8 Å². The van der Waals surface area contributed by atoms with E-state index in [0.29, 0.717) is 18.0 Å². The van der Waals surface area contributed by atoms with E-state index in [2.05, 4.69) is 47.2 Å². The molecular formula is C26H29N3O2. The molecule has 1 N–H and O–H groups in total. The van der Waals surface area contributed by atoms with Crippen molar-refractivity contribution < 1.29 is 9.53 Å². The maximum atomic E-state index is 12.7. The number of carbonyl (C=O) groups excluding carboxylic acids is 1. The molecule has 0 spiro atoms. The molecule has 4 rings (SSSR count). The quantitative estimate of drug-likeness (QED) is 0.625. The minimum Gasteiger partial charge on any atom is -0.455 e. The van der Waals surface area contributed by atoms with Crippen LogP contribution < -0.4 is 15.0 Å². The van der Waals surface area contributed by atoms with E-state index in [1.165, 1.54) is 16.8 Å². The summed E-state index contributed by atoms with van der Waals surface area (Å²) in [5.41, 5.74) is 4.64. The molecule has 5 nitrogen and oxygen atoms in total. The highest BCUT2D eigenvalue weighted by atomic mass is 16.5. The van der Waals surface area contributed by atoms with E-state index < -0.39 is 0 Å². The maximum absolute atomic E-state index is 12.7. The topological polar surface area (TPSA) is 44.8 Å². The SMILES string of the molecule is Cc1cccc(N2CCN(CC(=O)Nc3ccccc3Oc3ccccc3)CC2)c1C. The minimum atomic E-state index is -0.0238. The number of aryl methyl sites for hydroxylation is 1. The first-order valence-electron chi connectivity index (χ1n) is 10.8. The molecule has 160 valence electrons. The standard InChI is InChI=1S/C26H29N3O2/c1-20-9-8-13-24(21(20)2)29-17-15-28(16-18-29)19-26(30)27-23-12-6-7-14-25(23)31-22-10-4-3-5-11-22/h3-14H,15-19H2,1-2H3,(H,27,30). The highest BCUT2D eigenvalue weighted by Gasteiger charge is 2.21. The largest absolute Gasteiger partial charge is 0.455 e. The maximum Gasteiger partial charge on any atom is 0.238 e. The molecule has 1 fully saturated rings. The van der Waals surface area contributed by atoms with E-state index >= 15 is 0 Å². The lowest BCUT2D eigenvalue weighted by Crippen LogP contribution is -2.48. The molecule has 1 heterocycles. The monoisotopic (exact) mass is 415 g/mol. The van der Waals surface area contributed by atoms with Crippen molar-refractivity contribution in [2.24, 2.45) is 0 Å². The highest BCUT2D eigenvalue weighted by Crippen LogP contribution is 2.29. The number of anilines is 2. The first kappa shape index (κ1) is 20.9. The molecule has 3 aromatic carbocycles. The molecule has 1 saturated heterocycles. The summed E-state index contributed by atoms with van der Waals surface area (Å²) in [5.74, 6) is 1.36. The fourth-order valence-corrected chi connectivity index (χ4v) is 3.89. The Morgan fingerprint density at radius 3 is 2.35 bits per heavy atom. The van der Waals surface area contributed by atoms with Crippen LogP contribution in [0.25, 0.3) is 0 Å². The number of hydrogen-bond acceptors (Lipinski definition) is 4. The number of piperazine rings is 1. The van der Waals surface area contributed by atoms with Gasteiger partial charge in [-0.05, 0) is 55.3 Å². The summed E-state index contributed by atoms with van der Waals surface area (Å²) in [5, 5.41) is 3.02. The summed E-state index contributed by atoms with van der Waals surface area (Å²) in [6, 6.07) is 23.6. The average molecular weight is 416 g/mol. The van der Waals surface area contributed by atoms with Crippen molar-refractivity contribution in [3.05, 3.63) is 83.9 Å². The summed E-state index contributed by atoms with van der Waals surface area (Å²) in [4.78, 5) is 17.3. The van der Waals surface area contributed by atoms with Crippen LogP contribution in [0.2, 0.25) is 0 Å². The predicted molar refractivity (Wildman–Crippen MR) is 126 cm³/mol. The second-order valence-corrected chi connectivity index (χ2v) is 7.94. The summed E-state index contributed by atoms with van der Waals surface area (Å²) in [6.45, 7) is 8.28. The molecule has 1 aliphatic heterocycles. The number of nitrogens with zero attached hydrogens (tertiary/aromatic N) is 2. The Morgan fingerprint density at radius 2 is 1.58 bits per heavy atom. The third-order valence-corrected chi connectivity index (χ3v) is 5.79. The van der Waals surface area contributed by atoms with E-state index in [4.69, 9.17) is 4.74 Å². The van der Waals surface area contributed by atoms with Gasteiger partial charge in [-0.25, -0.2) is 0 Å². The molecule has 31 heavy (non-hydrogen) atoms. The van der Waals surface area contributed by atoms with Crippen LogP contribution in [0.1, 0.15) is 11.1 Å². The van der Waals surface area contributed by atoms with Gasteiger partial charge < -0.3 is 15.0 Å². The zero-order valence-electron chi connectivity index (χ0n) is 18.2. The molecule has 1 amide bonds. The lowest BCUT2D eigenvalue weighted by Gasteiger charge is -2.36. The molecular weight excluding hydrogens is 386 g/mol. The van der Waals surface area contributed by atoms with Gasteiger partial charge in [0.15, 0.2) is 5.75 Å². The number of nitrogens with one attached hydrogen (secondary N) is 1. The third-order valence-electron chi connectivity index (χ3n) is 5.79. The summed E-state index contributed by atoms with van der Waals surface area (Å²) < 4.78 is 5.95. The van der Waals surface area contributed by atoms with Crippen molar-refractivity contribution in [1.82, 2.24) is 4.90 Å². The van der Waals surface area contributed by atoms with E-state index in [1.807, 2.05) is 54.6 Å². The Hall–Kier alpha value is -3.31. The molecule has 0 unspecified atom stereocenters. The van der Waals surface area contributed by atoms with Gasteiger partial charge in [0, 0.05) is 31.9 Å². The van der Waals surface area contributed by atoms with Crippen molar-refractivity contribution in [2.45, 2.75) is 13.8 Å². The summed E-state index contributed by atoms with van der Waals surface area (Å²) in [6.07, 6.45) is 0. The number of benzene rings is 3. The van der Waals surface area contributed by atoms with Gasteiger partial charge in [0.05, 0.1) is 12.2 Å². The third kappa shape index (κ3) is 5.25. The smallest absolute Gasteiger partial charge is 0.238 e. The van der Waals surface area contributed by atoms with Crippen LogP contribution in [0, 0.1) is 13.8 Å². The van der Waals surface area contributed by atoms with Crippen LogP contribution in [0.5, 0.6) is 11.5 Å². The lowest BCUT2D eigenvalue weighted by atomic mass is 10.1. The average Bonchev–Trinajstić information content (AvgIpc) is 2.78. The van der Waals surface area contributed by atoms with E-state index in [9.17, 15) is 4.79 Å². The molecule has 0 saturated carbocycles. The first-order valence-corrected chi connectivity index (χ1v) is 10.8. The number of ether oxygens (including phenoxy) is 1. The van der Waals surface area contributed by atoms with Crippen molar-refractivity contribution in [3.8, 4) is 11.5 Å². The molecule has 0 atom stereocenters. The van der Waals surface area contributed by atoms with Crippen molar-refractivity contribution in [3.63, 3.8) is 0 Å². The Bertz CT molecular complexity index is 1030. The second-order valence-electron chi connectivity index (χ2n) is 7.94. The number of amides is 1. The zero-order chi connectivity index (χ0) is 21.6. The zero-order valence-corrected chi connectivity index (χ0v) is 18.2. The molecule has 3 aromatic rings. The van der Waals surface area contributed by atoms with Crippen LogP contribution in [-0.2, 0) is 4.79 Å². The Balaban J connectivity index is 1.33. The first-order chi connectivity index (χ1) is 15.1. The van der Waals surface area contributed by atoms with Crippen LogP contribution in [-0.4, -0.2) is 43.5 Å². The lowest BCUT2D eigenvalue weighted by molar-refractivity contribution is -0.117. The summed E-state index contributed by atoms with van der Waals surface area (Å²) >= 11 is 0. The van der Waals surface area contributed by atoms with E-state index in [-0.39, 0.29) is 5.91 Å². The van der Waals surface area contributed by atoms with Gasteiger partial charge in [-0.15, -0.1) is 0 Å². The van der Waals surface area contributed by atoms with Crippen LogP contribution >= 0.6 is 0 Å². The van der Waals surface area contributed by atoms with E-state index in [1.54, 1.807) is 0 Å². The van der Waals surface area contributed by atoms with Gasteiger partial charge >= 0.3 is 0 Å². The van der Waals surface area contributed by atoms with Crippen molar-refractivity contribution in [2.75, 3.05) is 42.9 Å². The van der Waals surface area contributed by atoms with Gasteiger partial charge in [0.1, 0.15) is 5.75 Å². The normalized spacial score (nSPS) is 14.3. The fourth-order valence-electron chi connectivity index (χ4n) is 3.89. The van der Waals surface area contributed by atoms with Gasteiger partial charge in [0.25, 0.3) is 0 Å². The van der Waals surface area contributed by atoms with Crippen LogP contribution in [0.4, 0.5) is 11.4 Å². The molecule has 0 bridgehead atoms. The number of para-hydroxylation sites is 3. The number of carbonyl (C=O) groups is 1. The Morgan fingerprint density at radius 1 is 0.871 bits per heavy atom. The molecule has 5 heteroatoms. The Labute approximate surface area is 184 Å². The molecule has 0 aliphatic carbocycles. The van der Waals surface area contributed by atoms with Gasteiger partial charge in [-0.3, -0.25) is 9.69 Å². The van der Waals surface area contributed by atoms with Crippen molar-refractivity contribution in [1.29, 1.82) is 0 Å². The number of hydrogen-bond donors (Lipinski definition) is 1. The molecule has 1 aliphatic rings. The van der Waals surface area contributed by atoms with Gasteiger partial charge in [-0.1, -0.05) is 42.5 Å². The van der Waals surface area contributed by atoms with E-state index in [0.717, 1.165) is 31.9 Å². The Kier molecular flexibility index (Phi) is 6.53. The molecule has 0 aromatic heterocycles. The minimum absolute atomic E-state index is 0.0238. The molecule has 0 radical (unpaired) electrons. The van der Waals surface area contributed by atoms with Gasteiger partial charge in [-0.2, -0.15) is 0 Å². The van der Waals surface area contributed by atoms with Crippen molar-refractivity contribution >= 4 is 17.3 Å². The van der Waals surface area contributed by atoms with Crippen LogP contribution in [0.3, 0.4) is 0 Å². The second kappa shape index (κ2) is 9.67.